The van der Waals surface area contributed by atoms with Crippen molar-refractivity contribution < 1.29 is 0 Å². The van der Waals surface area contributed by atoms with Gasteiger partial charge >= 0.3 is 0 Å². The van der Waals surface area contributed by atoms with Gasteiger partial charge in [0, 0.05) is 5.92 Å². The molecule has 0 heteroatoms. The van der Waals surface area contributed by atoms with Gasteiger partial charge in [-0.15, -0.1) is 0 Å². The van der Waals surface area contributed by atoms with Gasteiger partial charge in [0.15, 0.2) is 0 Å². The molecule has 7 heavy (non-hydrogen) atoms. The second kappa shape index (κ2) is 1.43. The molecule has 0 N–H and O–H groups in total. The van der Waals surface area contributed by atoms with Crippen LogP contribution in [0.3, 0.4) is 0 Å². The minimum absolute atomic E-state index is 0.759. The molecular weight excluding hydrogens is 84.1 g/mol. The van der Waals surface area contributed by atoms with E-state index >= 15 is 0 Å². The Bertz CT molecular complexity index is 58.4. The van der Waals surface area contributed by atoms with E-state index in [9.17, 15) is 0 Å². The van der Waals surface area contributed by atoms with Crippen LogP contribution in [0, 0.1) is 24.7 Å². The highest BCUT2D eigenvalue weighted by Crippen LogP contribution is 2.38. The summed E-state index contributed by atoms with van der Waals surface area (Å²) in [4.78, 5) is 0. The van der Waals surface area contributed by atoms with Crippen molar-refractivity contribution in [3.05, 3.63) is 6.92 Å². The highest BCUT2D eigenvalue weighted by atomic mass is 14.3. The van der Waals surface area contributed by atoms with Crippen LogP contribution in [0.5, 0.6) is 0 Å². The summed E-state index contributed by atoms with van der Waals surface area (Å²) in [7, 11) is 0. The van der Waals surface area contributed by atoms with Crippen molar-refractivity contribution >= 4 is 0 Å². The van der Waals surface area contributed by atoms with Crippen LogP contribution in [0.1, 0.15) is 20.3 Å². The molecule has 1 rings (SSSR count). The molecule has 0 amide bonds. The van der Waals surface area contributed by atoms with E-state index in [-0.39, 0.29) is 0 Å². The Morgan fingerprint density at radius 2 is 2.00 bits per heavy atom. The SMILES string of the molecule is [CH2+]C1CC(C)C1C. The Hall–Kier alpha value is -0.130. The van der Waals surface area contributed by atoms with Gasteiger partial charge in [-0.05, 0) is 12.3 Å². The van der Waals surface area contributed by atoms with E-state index < -0.39 is 0 Å². The van der Waals surface area contributed by atoms with Gasteiger partial charge in [0.25, 0.3) is 0 Å². The topological polar surface area (TPSA) is 0 Å². The van der Waals surface area contributed by atoms with Gasteiger partial charge in [-0.1, -0.05) is 13.8 Å². The van der Waals surface area contributed by atoms with Crippen LogP contribution < -0.4 is 0 Å². The summed E-state index contributed by atoms with van der Waals surface area (Å²) in [5, 5.41) is 0. The second-order valence-corrected chi connectivity index (χ2v) is 2.83. The monoisotopic (exact) mass is 97.1 g/mol. The molecule has 0 spiro atoms. The van der Waals surface area contributed by atoms with E-state index in [2.05, 4.69) is 20.8 Å². The molecule has 3 unspecified atom stereocenters. The molecule has 0 aliphatic heterocycles. The molecule has 1 saturated carbocycles. The lowest BCUT2D eigenvalue weighted by Gasteiger charge is -2.32. The fourth-order valence-electron chi connectivity index (χ4n) is 1.18. The van der Waals surface area contributed by atoms with Gasteiger partial charge in [0.2, 0.25) is 0 Å². The molecule has 0 saturated heterocycles. The highest BCUT2D eigenvalue weighted by molar-refractivity contribution is 4.84. The zero-order valence-electron chi connectivity index (χ0n) is 5.15. The van der Waals surface area contributed by atoms with Crippen molar-refractivity contribution in [2.75, 3.05) is 0 Å². The Kier molecular flexibility index (Phi) is 1.02. The average Bonchev–Trinajstić information content (AvgIpc) is 1.68. The molecule has 1 aliphatic rings. The third-order valence-electron chi connectivity index (χ3n) is 2.32. The maximum atomic E-state index is 3.98. The summed E-state index contributed by atoms with van der Waals surface area (Å²) >= 11 is 0. The van der Waals surface area contributed by atoms with E-state index in [4.69, 9.17) is 0 Å². The minimum Gasteiger partial charge on any atom is -0.0619 e. The van der Waals surface area contributed by atoms with Gasteiger partial charge < -0.3 is 0 Å². The van der Waals surface area contributed by atoms with Gasteiger partial charge in [-0.3, -0.25) is 0 Å². The number of hydrogen-bond donors (Lipinski definition) is 0. The van der Waals surface area contributed by atoms with E-state index in [0.29, 0.717) is 0 Å². The Morgan fingerprint density at radius 1 is 1.43 bits per heavy atom. The van der Waals surface area contributed by atoms with Crippen molar-refractivity contribution in [2.45, 2.75) is 20.3 Å². The van der Waals surface area contributed by atoms with Crippen molar-refractivity contribution in [2.24, 2.45) is 17.8 Å². The van der Waals surface area contributed by atoms with Crippen molar-refractivity contribution in [1.82, 2.24) is 0 Å². The summed E-state index contributed by atoms with van der Waals surface area (Å²) in [6, 6.07) is 0. The second-order valence-electron chi connectivity index (χ2n) is 2.83. The summed E-state index contributed by atoms with van der Waals surface area (Å²) in [6.07, 6.45) is 1.35. The molecule has 0 bridgehead atoms. The number of hydrogen-bond acceptors (Lipinski definition) is 0. The Labute approximate surface area is 45.9 Å². The summed E-state index contributed by atoms with van der Waals surface area (Å²) in [5.41, 5.74) is 0. The summed E-state index contributed by atoms with van der Waals surface area (Å²) in [5.74, 6) is 2.59. The summed E-state index contributed by atoms with van der Waals surface area (Å²) < 4.78 is 0. The highest BCUT2D eigenvalue weighted by Gasteiger charge is 2.35. The van der Waals surface area contributed by atoms with Gasteiger partial charge in [-0.25, -0.2) is 0 Å². The third-order valence-corrected chi connectivity index (χ3v) is 2.32. The van der Waals surface area contributed by atoms with Crippen LogP contribution in [-0.4, -0.2) is 0 Å². The first-order valence-electron chi connectivity index (χ1n) is 3.05. The predicted molar refractivity (Wildman–Crippen MR) is 31.8 cm³/mol. The lowest BCUT2D eigenvalue weighted by Crippen LogP contribution is -2.29. The molecule has 0 aromatic carbocycles. The maximum absolute atomic E-state index is 3.98. The first kappa shape index (κ1) is 5.02. The molecule has 0 heterocycles. The zero-order chi connectivity index (χ0) is 5.44. The van der Waals surface area contributed by atoms with Gasteiger partial charge in [0.05, 0.1) is 12.8 Å². The minimum atomic E-state index is 0.759. The van der Waals surface area contributed by atoms with Crippen molar-refractivity contribution in [3.63, 3.8) is 0 Å². The van der Waals surface area contributed by atoms with Gasteiger partial charge in [0.1, 0.15) is 0 Å². The normalized spacial score (nSPS) is 50.9. The lowest BCUT2D eigenvalue weighted by atomic mass is 9.68. The Morgan fingerprint density at radius 3 is 2.00 bits per heavy atom. The number of rotatable bonds is 0. The van der Waals surface area contributed by atoms with Crippen LogP contribution in [0.4, 0.5) is 0 Å². The largest absolute Gasteiger partial charge is 0.0983 e. The third kappa shape index (κ3) is 0.624. The summed E-state index contributed by atoms with van der Waals surface area (Å²) in [6.45, 7) is 8.56. The van der Waals surface area contributed by atoms with Crippen LogP contribution in [0.15, 0.2) is 0 Å². The van der Waals surface area contributed by atoms with Crippen LogP contribution in [0.25, 0.3) is 0 Å². The smallest absolute Gasteiger partial charge is 0.0619 e. The molecule has 40 valence electrons. The predicted octanol–water partition coefficient (Wildman–Crippen LogP) is 2.11. The Balaban J connectivity index is 2.29. The van der Waals surface area contributed by atoms with E-state index in [0.717, 1.165) is 17.8 Å². The van der Waals surface area contributed by atoms with Crippen molar-refractivity contribution in [1.29, 1.82) is 0 Å². The fourth-order valence-corrected chi connectivity index (χ4v) is 1.18. The molecule has 0 aromatic heterocycles. The molecule has 0 aromatic rings. The van der Waals surface area contributed by atoms with E-state index in [1.54, 1.807) is 0 Å². The van der Waals surface area contributed by atoms with Crippen LogP contribution in [-0.2, 0) is 0 Å². The lowest BCUT2D eigenvalue weighted by molar-refractivity contribution is 0.143. The molecule has 1 aliphatic carbocycles. The quantitative estimate of drug-likeness (QED) is 0.406. The van der Waals surface area contributed by atoms with E-state index in [1.807, 2.05) is 0 Å². The fraction of sp³-hybridized carbons (Fsp3) is 0.857. The van der Waals surface area contributed by atoms with E-state index in [1.165, 1.54) is 6.42 Å². The zero-order valence-corrected chi connectivity index (χ0v) is 5.15. The van der Waals surface area contributed by atoms with Gasteiger partial charge in [-0.2, -0.15) is 0 Å². The molecule has 0 nitrogen and oxygen atoms in total. The maximum Gasteiger partial charge on any atom is 0.0983 e. The van der Waals surface area contributed by atoms with Crippen LogP contribution >= 0.6 is 0 Å². The molecule has 0 radical (unpaired) electrons. The molecule has 1 fully saturated rings. The first-order chi connectivity index (χ1) is 3.22. The first-order valence-corrected chi connectivity index (χ1v) is 3.05. The standard InChI is InChI=1S/C7H13/c1-5-4-6(2)7(5)3/h5-7H,1,4H2,2-3H3/q+1. The molecular formula is C7H13+. The average molecular weight is 97.2 g/mol. The van der Waals surface area contributed by atoms with Crippen molar-refractivity contribution in [3.8, 4) is 0 Å². The van der Waals surface area contributed by atoms with Crippen LogP contribution in [0.2, 0.25) is 0 Å². The molecule has 3 atom stereocenters.